The van der Waals surface area contributed by atoms with Gasteiger partial charge < -0.3 is 10.6 Å². The molecule has 3 heterocycles. The number of aliphatic imine (C=N–C) groups is 1. The van der Waals surface area contributed by atoms with Crippen LogP contribution < -0.4 is 15.5 Å². The van der Waals surface area contributed by atoms with Crippen molar-refractivity contribution in [1.82, 2.24) is 5.32 Å². The first-order valence-electron chi connectivity index (χ1n) is 4.53. The SMILES string of the molecule is CN=C1Nc2ccsc2N2C(Br)=CNC12. The van der Waals surface area contributed by atoms with Gasteiger partial charge in [-0.2, -0.15) is 0 Å². The van der Waals surface area contributed by atoms with Gasteiger partial charge in [-0.3, -0.25) is 9.89 Å². The molecule has 78 valence electrons. The molecule has 1 aromatic rings. The summed E-state index contributed by atoms with van der Waals surface area (Å²) in [4.78, 5) is 6.45. The smallest absolute Gasteiger partial charge is 0.164 e. The highest BCUT2D eigenvalue weighted by Crippen LogP contribution is 2.41. The van der Waals surface area contributed by atoms with E-state index in [0.717, 1.165) is 16.1 Å². The van der Waals surface area contributed by atoms with Gasteiger partial charge >= 0.3 is 0 Å². The number of nitrogens with zero attached hydrogens (tertiary/aromatic N) is 2. The maximum atomic E-state index is 4.25. The third kappa shape index (κ3) is 1.21. The Kier molecular flexibility index (Phi) is 2.00. The minimum atomic E-state index is 0.0931. The average molecular weight is 285 g/mol. The van der Waals surface area contributed by atoms with Crippen molar-refractivity contribution in [3.63, 3.8) is 0 Å². The second-order valence-corrected chi connectivity index (χ2v) is 4.99. The molecule has 2 N–H and O–H groups in total. The van der Waals surface area contributed by atoms with Crippen LogP contribution in [-0.4, -0.2) is 19.0 Å². The van der Waals surface area contributed by atoms with Crippen LogP contribution in [0.4, 0.5) is 10.7 Å². The van der Waals surface area contributed by atoms with E-state index < -0.39 is 0 Å². The standard InChI is InChI=1S/C9H9BrN4S/c1-11-7-8-12-4-6(10)14(8)9-5(13-7)2-3-15-9/h2-4,8,12H,1H3,(H,11,13). The zero-order valence-electron chi connectivity index (χ0n) is 7.99. The maximum absolute atomic E-state index is 4.25. The summed E-state index contributed by atoms with van der Waals surface area (Å²) in [5.41, 5.74) is 1.12. The van der Waals surface area contributed by atoms with Gasteiger partial charge in [-0.25, -0.2) is 0 Å². The van der Waals surface area contributed by atoms with Crippen LogP contribution in [0.3, 0.4) is 0 Å². The summed E-state index contributed by atoms with van der Waals surface area (Å²) in [6.07, 6.45) is 2.04. The number of rotatable bonds is 0. The van der Waals surface area contributed by atoms with E-state index in [1.54, 1.807) is 18.4 Å². The molecule has 3 rings (SSSR count). The Balaban J connectivity index is 2.14. The number of halogens is 1. The lowest BCUT2D eigenvalue weighted by Gasteiger charge is -2.33. The molecular weight excluding hydrogens is 276 g/mol. The normalized spacial score (nSPS) is 25.5. The van der Waals surface area contributed by atoms with E-state index in [9.17, 15) is 0 Å². The quantitative estimate of drug-likeness (QED) is 0.717. The Morgan fingerprint density at radius 1 is 1.60 bits per heavy atom. The lowest BCUT2D eigenvalue weighted by atomic mass is 10.3. The summed E-state index contributed by atoms with van der Waals surface area (Å²) >= 11 is 5.26. The zero-order valence-corrected chi connectivity index (χ0v) is 10.4. The first-order chi connectivity index (χ1) is 7.31. The van der Waals surface area contributed by atoms with Crippen molar-refractivity contribution in [2.45, 2.75) is 6.17 Å². The van der Waals surface area contributed by atoms with E-state index in [1.165, 1.54) is 5.00 Å². The molecule has 0 amide bonds. The predicted octanol–water partition coefficient (Wildman–Crippen LogP) is 2.13. The summed E-state index contributed by atoms with van der Waals surface area (Å²) in [6.45, 7) is 0. The molecule has 0 radical (unpaired) electrons. The fraction of sp³-hybridized carbons (Fsp3) is 0.222. The van der Waals surface area contributed by atoms with Gasteiger partial charge in [-0.15, -0.1) is 11.3 Å². The minimum Gasteiger partial charge on any atom is -0.362 e. The predicted molar refractivity (Wildman–Crippen MR) is 67.7 cm³/mol. The molecule has 0 fully saturated rings. The van der Waals surface area contributed by atoms with E-state index >= 15 is 0 Å². The van der Waals surface area contributed by atoms with Crippen LogP contribution in [0.2, 0.25) is 0 Å². The van der Waals surface area contributed by atoms with Crippen LogP contribution in [0.1, 0.15) is 0 Å². The molecule has 15 heavy (non-hydrogen) atoms. The molecule has 0 bridgehead atoms. The molecule has 1 aromatic heterocycles. The third-order valence-electron chi connectivity index (χ3n) is 2.47. The van der Waals surface area contributed by atoms with E-state index in [4.69, 9.17) is 0 Å². The van der Waals surface area contributed by atoms with Crippen LogP contribution in [-0.2, 0) is 0 Å². The van der Waals surface area contributed by atoms with Crippen LogP contribution in [0.15, 0.2) is 27.2 Å². The van der Waals surface area contributed by atoms with Crippen molar-refractivity contribution in [3.05, 3.63) is 22.3 Å². The van der Waals surface area contributed by atoms with Crippen molar-refractivity contribution in [3.8, 4) is 0 Å². The maximum Gasteiger partial charge on any atom is 0.164 e. The fourth-order valence-electron chi connectivity index (χ4n) is 1.80. The van der Waals surface area contributed by atoms with Gasteiger partial charge in [0.2, 0.25) is 0 Å². The number of thiophene rings is 1. The summed E-state index contributed by atoms with van der Waals surface area (Å²) in [6, 6.07) is 2.07. The lowest BCUT2D eigenvalue weighted by Crippen LogP contribution is -2.49. The third-order valence-corrected chi connectivity index (χ3v) is 4.00. The van der Waals surface area contributed by atoms with Gasteiger partial charge in [0.05, 0.1) is 5.69 Å². The summed E-state index contributed by atoms with van der Waals surface area (Å²) in [5.74, 6) is 0.937. The summed E-state index contributed by atoms with van der Waals surface area (Å²) in [5, 5.41) is 9.88. The number of nitrogens with one attached hydrogen (secondary N) is 2. The van der Waals surface area contributed by atoms with Gasteiger partial charge in [0.1, 0.15) is 15.4 Å². The number of amidine groups is 1. The molecule has 0 saturated carbocycles. The van der Waals surface area contributed by atoms with Crippen LogP contribution in [0.5, 0.6) is 0 Å². The molecular formula is C9H9BrN4S. The molecule has 4 nitrogen and oxygen atoms in total. The van der Waals surface area contributed by atoms with Crippen molar-refractivity contribution >= 4 is 43.8 Å². The van der Waals surface area contributed by atoms with Crippen LogP contribution >= 0.6 is 27.3 Å². The van der Waals surface area contributed by atoms with Gasteiger partial charge in [0.25, 0.3) is 0 Å². The Labute approximate surface area is 99.8 Å². The first kappa shape index (κ1) is 9.23. The van der Waals surface area contributed by atoms with Crippen molar-refractivity contribution in [1.29, 1.82) is 0 Å². The Hall–Kier alpha value is -1.01. The molecule has 2 aliphatic heterocycles. The highest BCUT2D eigenvalue weighted by Gasteiger charge is 2.36. The molecule has 1 unspecified atom stereocenters. The van der Waals surface area contributed by atoms with E-state index in [0.29, 0.717) is 0 Å². The van der Waals surface area contributed by atoms with Crippen LogP contribution in [0, 0.1) is 0 Å². The molecule has 6 heteroatoms. The monoisotopic (exact) mass is 284 g/mol. The molecule has 0 spiro atoms. The van der Waals surface area contributed by atoms with Crippen molar-refractivity contribution in [2.75, 3.05) is 17.3 Å². The number of anilines is 2. The van der Waals surface area contributed by atoms with E-state index in [-0.39, 0.29) is 6.17 Å². The van der Waals surface area contributed by atoms with Gasteiger partial charge in [-0.05, 0) is 27.4 Å². The van der Waals surface area contributed by atoms with Gasteiger partial charge in [-0.1, -0.05) is 0 Å². The van der Waals surface area contributed by atoms with Gasteiger partial charge in [0, 0.05) is 13.2 Å². The Bertz CT molecular complexity index is 464. The fourth-order valence-corrected chi connectivity index (χ4v) is 3.33. The number of fused-ring (bicyclic) bond motifs is 3. The first-order valence-corrected chi connectivity index (χ1v) is 6.20. The van der Waals surface area contributed by atoms with Gasteiger partial charge in [0.15, 0.2) is 6.17 Å². The van der Waals surface area contributed by atoms with Crippen molar-refractivity contribution < 1.29 is 0 Å². The minimum absolute atomic E-state index is 0.0931. The zero-order chi connectivity index (χ0) is 10.4. The lowest BCUT2D eigenvalue weighted by molar-refractivity contribution is 0.779. The molecule has 0 saturated heterocycles. The number of hydrogen-bond donors (Lipinski definition) is 2. The summed E-state index contributed by atoms with van der Waals surface area (Å²) in [7, 11) is 1.80. The second kappa shape index (κ2) is 3.24. The highest BCUT2D eigenvalue weighted by molar-refractivity contribution is 9.11. The largest absolute Gasteiger partial charge is 0.362 e. The van der Waals surface area contributed by atoms with Crippen LogP contribution in [0.25, 0.3) is 0 Å². The highest BCUT2D eigenvalue weighted by atomic mass is 79.9. The average Bonchev–Trinajstić information content (AvgIpc) is 2.83. The molecule has 0 aromatic carbocycles. The number of hydrogen-bond acceptors (Lipinski definition) is 4. The van der Waals surface area contributed by atoms with E-state index in [2.05, 4.69) is 47.9 Å². The topological polar surface area (TPSA) is 39.7 Å². The van der Waals surface area contributed by atoms with E-state index in [1.807, 2.05) is 6.20 Å². The molecule has 2 aliphatic rings. The second-order valence-electron chi connectivity index (χ2n) is 3.28. The molecule has 1 atom stereocenters. The Morgan fingerprint density at radius 2 is 2.47 bits per heavy atom. The Morgan fingerprint density at radius 3 is 3.27 bits per heavy atom. The van der Waals surface area contributed by atoms with Crippen molar-refractivity contribution in [2.24, 2.45) is 4.99 Å². The summed E-state index contributed by atoms with van der Waals surface area (Å²) < 4.78 is 1.04. The molecule has 0 aliphatic carbocycles.